The van der Waals surface area contributed by atoms with Crippen LogP contribution in [0.4, 0.5) is 0 Å². The Kier molecular flexibility index (Phi) is 6.77. The molecule has 9 heteroatoms. The number of imidazole rings is 1. The molecule has 0 aliphatic heterocycles. The average Bonchev–Trinajstić information content (AvgIpc) is 3.11. The van der Waals surface area contributed by atoms with Crippen LogP contribution in [0.25, 0.3) is 11.1 Å². The first-order chi connectivity index (χ1) is 16.2. The lowest BCUT2D eigenvalue weighted by Gasteiger charge is -2.13. The number of rotatable bonds is 6. The maximum absolute atomic E-state index is 13.1. The zero-order valence-corrected chi connectivity index (χ0v) is 20.2. The number of hydrogen-bond donors (Lipinski definition) is 3. The second-order valence-corrected chi connectivity index (χ2v) is 8.92. The first-order valence-corrected chi connectivity index (χ1v) is 11.3. The number of nitrogens with zero attached hydrogens (tertiary/aromatic N) is 2. The Morgan fingerprint density at radius 3 is 2.53 bits per heavy atom. The van der Waals surface area contributed by atoms with Gasteiger partial charge >= 0.3 is 0 Å². The summed E-state index contributed by atoms with van der Waals surface area (Å²) in [6.07, 6.45) is 5.28. The molecule has 4 aromatic rings. The second kappa shape index (κ2) is 9.75. The molecule has 2 aromatic heterocycles. The van der Waals surface area contributed by atoms with Gasteiger partial charge in [-0.1, -0.05) is 29.3 Å². The number of aromatic amines is 1. The largest absolute Gasteiger partial charge is 0.348 e. The van der Waals surface area contributed by atoms with Gasteiger partial charge in [0.15, 0.2) is 0 Å². The minimum atomic E-state index is -0.250. The van der Waals surface area contributed by atoms with Crippen LogP contribution < -0.4 is 16.5 Å². The number of amides is 1. The molecule has 0 fully saturated rings. The number of pyridine rings is 1. The molecule has 0 spiro atoms. The van der Waals surface area contributed by atoms with E-state index in [1.165, 1.54) is 6.07 Å². The summed E-state index contributed by atoms with van der Waals surface area (Å²) in [6.45, 7) is 2.56. The van der Waals surface area contributed by atoms with Crippen LogP contribution in [-0.2, 0) is 20.1 Å². The number of hydrogen-bond acceptors (Lipinski definition) is 3. The molecule has 7 nitrogen and oxygen atoms in total. The van der Waals surface area contributed by atoms with E-state index < -0.39 is 0 Å². The molecule has 2 heterocycles. The van der Waals surface area contributed by atoms with Crippen molar-refractivity contribution in [3.8, 4) is 11.1 Å². The van der Waals surface area contributed by atoms with Crippen LogP contribution in [0.1, 0.15) is 27.0 Å². The van der Waals surface area contributed by atoms with E-state index in [2.05, 4.69) is 10.3 Å². The van der Waals surface area contributed by atoms with E-state index >= 15 is 0 Å². The Labute approximate surface area is 206 Å². The smallest absolute Gasteiger partial charge is 0.251 e. The van der Waals surface area contributed by atoms with Crippen LogP contribution >= 0.6 is 23.2 Å². The number of benzene rings is 2. The summed E-state index contributed by atoms with van der Waals surface area (Å²) in [5.41, 5.74) is 4.74. The minimum absolute atomic E-state index is 0.185. The van der Waals surface area contributed by atoms with E-state index in [0.717, 1.165) is 27.8 Å². The summed E-state index contributed by atoms with van der Waals surface area (Å²) in [4.78, 5) is 27.5. The maximum atomic E-state index is 13.1. The number of halogens is 2. The lowest BCUT2D eigenvalue weighted by Crippen LogP contribution is -2.24. The van der Waals surface area contributed by atoms with Gasteiger partial charge in [-0.25, -0.2) is 0 Å². The van der Waals surface area contributed by atoms with Crippen molar-refractivity contribution in [2.45, 2.75) is 20.0 Å². The van der Waals surface area contributed by atoms with E-state index in [9.17, 15) is 9.59 Å². The highest BCUT2D eigenvalue weighted by molar-refractivity contribution is 6.42. The molecule has 0 radical (unpaired) electrons. The maximum Gasteiger partial charge on any atom is 0.251 e. The monoisotopic (exact) mass is 495 g/mol. The Hall–Kier alpha value is -3.55. The van der Waals surface area contributed by atoms with Gasteiger partial charge in [0, 0.05) is 49.4 Å². The fourth-order valence-corrected chi connectivity index (χ4v) is 4.06. The lowest BCUT2D eigenvalue weighted by molar-refractivity contribution is 0.0951. The number of H-pyrrole nitrogens is 1. The summed E-state index contributed by atoms with van der Waals surface area (Å²) in [5, 5.41) is 12.0. The number of carbonyl (C=O) groups excluding carboxylic acids is 1. The zero-order valence-electron chi connectivity index (χ0n) is 18.7. The number of aromatic nitrogens is 3. The molecule has 3 N–H and O–H groups in total. The number of aryl methyl sites for hydroxylation is 2. The number of carbonyl (C=O) groups is 1. The molecule has 0 unspecified atom stereocenters. The second-order valence-electron chi connectivity index (χ2n) is 8.10. The predicted octanol–water partition coefficient (Wildman–Crippen LogP) is 4.25. The Morgan fingerprint density at radius 1 is 1.06 bits per heavy atom. The van der Waals surface area contributed by atoms with Gasteiger partial charge in [0.05, 0.1) is 16.6 Å². The fraction of sp³-hybridized carbons (Fsp3) is 0.160. The molecular weight excluding hydrogens is 473 g/mol. The SMILES string of the molecule is Cc1cc(=O)[nH]cc1-c1cc(Cn2ccn(C)c2=N)cc(C(=O)NCc2ccc(Cl)c(Cl)c2)c1. The van der Waals surface area contributed by atoms with Crippen LogP contribution in [0, 0.1) is 12.3 Å². The summed E-state index contributed by atoms with van der Waals surface area (Å²) >= 11 is 12.1. The van der Waals surface area contributed by atoms with Crippen LogP contribution in [-0.4, -0.2) is 20.0 Å². The highest BCUT2D eigenvalue weighted by atomic mass is 35.5. The molecular formula is C25H23Cl2N5O2. The van der Waals surface area contributed by atoms with E-state index in [4.69, 9.17) is 28.6 Å². The van der Waals surface area contributed by atoms with Gasteiger partial charge in [0.2, 0.25) is 11.2 Å². The van der Waals surface area contributed by atoms with Gasteiger partial charge < -0.3 is 19.4 Å². The molecule has 0 aliphatic carbocycles. The summed E-state index contributed by atoms with van der Waals surface area (Å²) < 4.78 is 3.50. The van der Waals surface area contributed by atoms with E-state index in [1.54, 1.807) is 40.6 Å². The third-order valence-corrected chi connectivity index (χ3v) is 6.30. The molecule has 0 bridgehead atoms. The highest BCUT2D eigenvalue weighted by Crippen LogP contribution is 2.25. The highest BCUT2D eigenvalue weighted by Gasteiger charge is 2.13. The van der Waals surface area contributed by atoms with Crippen molar-refractivity contribution < 1.29 is 4.79 Å². The van der Waals surface area contributed by atoms with Crippen molar-refractivity contribution in [2.75, 3.05) is 0 Å². The number of nitrogens with one attached hydrogen (secondary N) is 3. The average molecular weight is 496 g/mol. The molecule has 34 heavy (non-hydrogen) atoms. The quantitative estimate of drug-likeness (QED) is 0.372. The van der Waals surface area contributed by atoms with Gasteiger partial charge in [0.1, 0.15) is 0 Å². The van der Waals surface area contributed by atoms with Crippen molar-refractivity contribution in [2.24, 2.45) is 7.05 Å². The first-order valence-electron chi connectivity index (χ1n) is 10.5. The molecule has 0 saturated heterocycles. The first kappa shape index (κ1) is 23.6. The van der Waals surface area contributed by atoms with Crippen LogP contribution in [0.3, 0.4) is 0 Å². The molecule has 0 saturated carbocycles. The van der Waals surface area contributed by atoms with Crippen LogP contribution in [0.15, 0.2) is 65.8 Å². The predicted molar refractivity (Wildman–Crippen MR) is 133 cm³/mol. The van der Waals surface area contributed by atoms with E-state index in [0.29, 0.717) is 27.8 Å². The topological polar surface area (TPSA) is 95.7 Å². The van der Waals surface area contributed by atoms with Crippen molar-refractivity contribution in [1.82, 2.24) is 19.4 Å². The lowest BCUT2D eigenvalue weighted by atomic mass is 9.97. The van der Waals surface area contributed by atoms with E-state index in [-0.39, 0.29) is 18.0 Å². The van der Waals surface area contributed by atoms with Gasteiger partial charge in [-0.3, -0.25) is 15.0 Å². The Morgan fingerprint density at radius 2 is 1.85 bits per heavy atom. The molecule has 1 amide bonds. The van der Waals surface area contributed by atoms with Gasteiger partial charge in [-0.2, -0.15) is 0 Å². The Balaban J connectivity index is 1.69. The molecule has 0 aliphatic rings. The third-order valence-electron chi connectivity index (χ3n) is 5.56. The normalized spacial score (nSPS) is 10.9. The van der Waals surface area contributed by atoms with Crippen molar-refractivity contribution in [3.05, 3.63) is 109 Å². The van der Waals surface area contributed by atoms with E-state index in [1.807, 2.05) is 37.5 Å². The van der Waals surface area contributed by atoms with Crippen molar-refractivity contribution in [3.63, 3.8) is 0 Å². The van der Waals surface area contributed by atoms with Gasteiger partial charge in [-0.05, 0) is 59.5 Å². The summed E-state index contributed by atoms with van der Waals surface area (Å²) in [6, 6.07) is 12.3. The standard InChI is InChI=1S/C25H23Cl2N5O2/c1-15-7-23(33)29-13-20(15)18-8-17(14-32-6-5-31(2)25(32)28)9-19(11-18)24(34)30-12-16-3-4-21(26)22(27)10-16/h3-11,13,28H,12,14H2,1-2H3,(H,29,33)(H,30,34). The zero-order chi connectivity index (χ0) is 24.4. The van der Waals surface area contributed by atoms with Crippen LogP contribution in [0.2, 0.25) is 10.0 Å². The van der Waals surface area contributed by atoms with Gasteiger partial charge in [0.25, 0.3) is 5.91 Å². The van der Waals surface area contributed by atoms with Crippen LogP contribution in [0.5, 0.6) is 0 Å². The summed E-state index contributed by atoms with van der Waals surface area (Å²) in [5.74, 6) is -0.250. The molecule has 0 atom stereocenters. The fourth-order valence-electron chi connectivity index (χ4n) is 3.74. The third kappa shape index (κ3) is 5.16. The van der Waals surface area contributed by atoms with Crippen molar-refractivity contribution >= 4 is 29.1 Å². The van der Waals surface area contributed by atoms with Gasteiger partial charge in [-0.15, -0.1) is 0 Å². The minimum Gasteiger partial charge on any atom is -0.348 e. The Bertz CT molecular complexity index is 1500. The summed E-state index contributed by atoms with van der Waals surface area (Å²) in [7, 11) is 1.81. The molecule has 174 valence electrons. The molecule has 2 aromatic carbocycles. The van der Waals surface area contributed by atoms with Crippen molar-refractivity contribution in [1.29, 1.82) is 5.41 Å². The molecule has 4 rings (SSSR count).